The lowest BCUT2D eigenvalue weighted by Crippen LogP contribution is -1.99. The molecule has 0 N–H and O–H groups in total. The van der Waals surface area contributed by atoms with Crippen LogP contribution in [-0.4, -0.2) is 25.6 Å². The molecule has 60 valence electrons. The van der Waals surface area contributed by atoms with Crippen LogP contribution in [0.3, 0.4) is 0 Å². The molecule has 0 atom stereocenters. The molecular weight excluding hydrogens is 126 g/mol. The Labute approximate surface area is 63.1 Å². The zero-order valence-corrected chi connectivity index (χ0v) is 7.17. The summed E-state index contributed by atoms with van der Waals surface area (Å²) in [6.45, 7) is 3.05. The number of hydrogen-bond acceptors (Lipinski definition) is 2. The fourth-order valence-electron chi connectivity index (χ4n) is 0.604. The highest BCUT2D eigenvalue weighted by atomic mass is 15.5. The molecule has 0 fully saturated rings. The van der Waals surface area contributed by atoms with Gasteiger partial charge in [0.05, 0.1) is 6.54 Å². The summed E-state index contributed by atoms with van der Waals surface area (Å²) in [6, 6.07) is 0. The average molecular weight is 143 g/mol. The minimum absolute atomic E-state index is 0.867. The molecule has 0 spiro atoms. The summed E-state index contributed by atoms with van der Waals surface area (Å²) in [4.78, 5) is 0. The van der Waals surface area contributed by atoms with E-state index in [1.807, 2.05) is 14.1 Å². The normalized spacial score (nSPS) is 10.7. The van der Waals surface area contributed by atoms with Crippen LogP contribution < -0.4 is 0 Å². The van der Waals surface area contributed by atoms with Gasteiger partial charge in [0.1, 0.15) is 0 Å². The van der Waals surface area contributed by atoms with Crippen LogP contribution in [0.25, 0.3) is 0 Å². The van der Waals surface area contributed by atoms with Crippen LogP contribution in [0.1, 0.15) is 26.2 Å². The van der Waals surface area contributed by atoms with E-state index in [9.17, 15) is 0 Å². The largest absolute Gasteiger partial charge is 0.285 e. The van der Waals surface area contributed by atoms with Gasteiger partial charge in [0, 0.05) is 14.1 Å². The van der Waals surface area contributed by atoms with Crippen LogP contribution in [0, 0.1) is 0 Å². The molecule has 0 aliphatic carbocycles. The van der Waals surface area contributed by atoms with Crippen LogP contribution in [0.2, 0.25) is 0 Å². The summed E-state index contributed by atoms with van der Waals surface area (Å²) in [5.74, 6) is 0. The van der Waals surface area contributed by atoms with Gasteiger partial charge in [-0.2, -0.15) is 5.11 Å². The minimum atomic E-state index is 0.867. The summed E-state index contributed by atoms with van der Waals surface area (Å²) in [5, 5.41) is 9.53. The van der Waals surface area contributed by atoms with Crippen molar-refractivity contribution in [2.24, 2.45) is 10.3 Å². The molecule has 0 rings (SSSR count). The third kappa shape index (κ3) is 7.40. The summed E-state index contributed by atoms with van der Waals surface area (Å²) >= 11 is 0. The highest BCUT2D eigenvalue weighted by Crippen LogP contribution is 1.93. The van der Waals surface area contributed by atoms with Crippen molar-refractivity contribution < 1.29 is 0 Å². The van der Waals surface area contributed by atoms with E-state index in [1.165, 1.54) is 12.8 Å². The molecule has 0 aromatic rings. The van der Waals surface area contributed by atoms with E-state index in [0.29, 0.717) is 0 Å². The molecule has 10 heavy (non-hydrogen) atoms. The van der Waals surface area contributed by atoms with Crippen LogP contribution in [0.4, 0.5) is 0 Å². The van der Waals surface area contributed by atoms with E-state index in [2.05, 4.69) is 17.3 Å². The number of unbranched alkanes of at least 4 members (excludes halogenated alkanes) is 2. The van der Waals surface area contributed by atoms with Crippen molar-refractivity contribution in [3.8, 4) is 0 Å². The first-order valence-corrected chi connectivity index (χ1v) is 3.82. The second kappa shape index (κ2) is 6.52. The molecule has 0 aliphatic rings. The maximum Gasteiger partial charge on any atom is 0.0620 e. The predicted molar refractivity (Wildman–Crippen MR) is 42.9 cm³/mol. The molecule has 0 unspecified atom stereocenters. The topological polar surface area (TPSA) is 28.0 Å². The third-order valence-corrected chi connectivity index (χ3v) is 1.10. The number of rotatable bonds is 5. The van der Waals surface area contributed by atoms with Crippen LogP contribution in [0.15, 0.2) is 10.3 Å². The maximum absolute atomic E-state index is 3.96. The van der Waals surface area contributed by atoms with E-state index in [4.69, 9.17) is 0 Å². The van der Waals surface area contributed by atoms with Gasteiger partial charge in [-0.3, -0.25) is 5.01 Å². The van der Waals surface area contributed by atoms with Crippen LogP contribution in [0.5, 0.6) is 0 Å². The fraction of sp³-hybridized carbons (Fsp3) is 1.00. The third-order valence-electron chi connectivity index (χ3n) is 1.10. The molecule has 0 saturated heterocycles. The van der Waals surface area contributed by atoms with Gasteiger partial charge in [-0.25, -0.2) is 0 Å². The van der Waals surface area contributed by atoms with E-state index < -0.39 is 0 Å². The van der Waals surface area contributed by atoms with Crippen molar-refractivity contribution in [1.29, 1.82) is 0 Å². The molecular formula is C7H17N3. The summed E-state index contributed by atoms with van der Waals surface area (Å²) in [6.07, 6.45) is 3.66. The quantitative estimate of drug-likeness (QED) is 0.329. The first-order valence-electron chi connectivity index (χ1n) is 3.82. The molecule has 0 bridgehead atoms. The highest BCUT2D eigenvalue weighted by Gasteiger charge is 1.82. The van der Waals surface area contributed by atoms with Gasteiger partial charge >= 0.3 is 0 Å². The lowest BCUT2D eigenvalue weighted by molar-refractivity contribution is 0.397. The fourth-order valence-corrected chi connectivity index (χ4v) is 0.604. The van der Waals surface area contributed by atoms with Crippen molar-refractivity contribution in [3.05, 3.63) is 0 Å². The predicted octanol–water partition coefficient (Wildman–Crippen LogP) is 2.11. The Kier molecular flexibility index (Phi) is 6.13. The lowest BCUT2D eigenvalue weighted by atomic mass is 10.3. The average Bonchev–Trinajstić information content (AvgIpc) is 1.87. The molecule has 3 nitrogen and oxygen atoms in total. The molecule has 0 aromatic carbocycles. The van der Waals surface area contributed by atoms with Gasteiger partial charge < -0.3 is 0 Å². The standard InChI is InChI=1S/C7H17N3/c1-4-5-6-7-8-9-10(2)3/h4-7H2,1-3H3/b9-8-. The molecule has 0 aliphatic heterocycles. The smallest absolute Gasteiger partial charge is 0.0620 e. The van der Waals surface area contributed by atoms with Gasteiger partial charge in [0.2, 0.25) is 0 Å². The molecule has 0 aromatic heterocycles. The Morgan fingerprint density at radius 1 is 1.20 bits per heavy atom. The van der Waals surface area contributed by atoms with Gasteiger partial charge in [0.25, 0.3) is 0 Å². The van der Waals surface area contributed by atoms with E-state index in [1.54, 1.807) is 5.01 Å². The van der Waals surface area contributed by atoms with Gasteiger partial charge in [-0.05, 0) is 6.42 Å². The van der Waals surface area contributed by atoms with Gasteiger partial charge in [0.15, 0.2) is 0 Å². The van der Waals surface area contributed by atoms with E-state index in [-0.39, 0.29) is 0 Å². The van der Waals surface area contributed by atoms with Crippen molar-refractivity contribution >= 4 is 0 Å². The first-order chi connectivity index (χ1) is 4.77. The summed E-state index contributed by atoms with van der Waals surface area (Å²) in [7, 11) is 3.76. The Balaban J connectivity index is 3.02. The van der Waals surface area contributed by atoms with Crippen molar-refractivity contribution in [2.45, 2.75) is 26.2 Å². The maximum atomic E-state index is 3.96. The molecule has 0 radical (unpaired) electrons. The van der Waals surface area contributed by atoms with Crippen molar-refractivity contribution in [1.82, 2.24) is 5.01 Å². The minimum Gasteiger partial charge on any atom is -0.285 e. The second-order valence-corrected chi connectivity index (χ2v) is 2.51. The number of nitrogens with zero attached hydrogens (tertiary/aromatic N) is 3. The highest BCUT2D eigenvalue weighted by molar-refractivity contribution is 4.39. The zero-order valence-electron chi connectivity index (χ0n) is 7.17. The monoisotopic (exact) mass is 143 g/mol. The van der Waals surface area contributed by atoms with Crippen molar-refractivity contribution in [2.75, 3.05) is 20.6 Å². The summed E-state index contributed by atoms with van der Waals surface area (Å²) < 4.78 is 0. The lowest BCUT2D eigenvalue weighted by Gasteiger charge is -1.99. The Bertz CT molecular complexity index is 88.9. The Hall–Kier alpha value is -0.600. The van der Waals surface area contributed by atoms with Gasteiger partial charge in [-0.15, -0.1) is 0 Å². The first kappa shape index (κ1) is 9.40. The van der Waals surface area contributed by atoms with E-state index >= 15 is 0 Å². The van der Waals surface area contributed by atoms with Gasteiger partial charge in [-0.1, -0.05) is 25.0 Å². The Morgan fingerprint density at radius 3 is 2.40 bits per heavy atom. The molecule has 0 amide bonds. The Morgan fingerprint density at radius 2 is 1.90 bits per heavy atom. The second-order valence-electron chi connectivity index (χ2n) is 2.51. The zero-order chi connectivity index (χ0) is 7.82. The number of hydrogen-bond donors (Lipinski definition) is 0. The molecule has 3 heteroatoms. The SMILES string of the molecule is CCCCC/N=N\N(C)C. The summed E-state index contributed by atoms with van der Waals surface area (Å²) in [5.41, 5.74) is 0. The molecule has 0 heterocycles. The van der Waals surface area contributed by atoms with Crippen molar-refractivity contribution in [3.63, 3.8) is 0 Å². The molecule has 0 saturated carbocycles. The van der Waals surface area contributed by atoms with Crippen LogP contribution in [-0.2, 0) is 0 Å². The van der Waals surface area contributed by atoms with Crippen LogP contribution >= 0.6 is 0 Å². The van der Waals surface area contributed by atoms with E-state index in [0.717, 1.165) is 13.0 Å².